The van der Waals surface area contributed by atoms with Crippen molar-refractivity contribution < 1.29 is 9.53 Å². The number of carbonyl (C=O) groups is 1. The molecule has 0 radical (unpaired) electrons. The van der Waals surface area contributed by atoms with Gasteiger partial charge in [0.1, 0.15) is 5.60 Å². The van der Waals surface area contributed by atoms with Crippen molar-refractivity contribution in [3.63, 3.8) is 0 Å². The van der Waals surface area contributed by atoms with Crippen LogP contribution < -0.4 is 16.4 Å². The van der Waals surface area contributed by atoms with E-state index in [4.69, 9.17) is 22.7 Å². The first kappa shape index (κ1) is 19.3. The quantitative estimate of drug-likeness (QED) is 0.711. The van der Waals surface area contributed by atoms with Crippen molar-refractivity contribution in [2.45, 2.75) is 39.2 Å². The molecule has 2 rings (SSSR count). The first-order valence-corrected chi connectivity index (χ1v) is 9.02. The molecule has 25 heavy (non-hydrogen) atoms. The average Bonchev–Trinajstić information content (AvgIpc) is 2.52. The number of likely N-dealkylation sites (tertiary alicyclic amines) is 1. The first-order chi connectivity index (χ1) is 11.7. The summed E-state index contributed by atoms with van der Waals surface area (Å²) in [6, 6.07) is 7.81. The van der Waals surface area contributed by atoms with E-state index < -0.39 is 5.60 Å². The van der Waals surface area contributed by atoms with Crippen LogP contribution in [-0.4, -0.2) is 41.3 Å². The van der Waals surface area contributed by atoms with E-state index in [1.54, 1.807) is 0 Å². The average molecular weight is 365 g/mol. The molecule has 1 aromatic rings. The summed E-state index contributed by atoms with van der Waals surface area (Å²) in [5.74, 6) is 0.413. The molecular formula is C18H28N4O2S. The molecule has 1 unspecified atom stereocenters. The fourth-order valence-corrected chi connectivity index (χ4v) is 2.92. The van der Waals surface area contributed by atoms with Crippen molar-refractivity contribution >= 4 is 34.8 Å². The molecule has 1 aromatic carbocycles. The van der Waals surface area contributed by atoms with Crippen LogP contribution in [0.2, 0.25) is 0 Å². The third-order valence-electron chi connectivity index (χ3n) is 3.92. The standard InChI is InChI=1S/C18H28N4O2S/c1-18(2,3)24-17(23)22-10-4-5-13(12-22)11-20-14-6-8-15(9-7-14)21-16(19)25/h6-9,13,20H,4-5,10-12H2,1-3H3,(H3,19,21,25). The molecule has 1 atom stereocenters. The van der Waals surface area contributed by atoms with Crippen LogP contribution in [0.15, 0.2) is 24.3 Å². The third kappa shape index (κ3) is 6.78. The highest BCUT2D eigenvalue weighted by atomic mass is 32.1. The lowest BCUT2D eigenvalue weighted by molar-refractivity contribution is 0.0172. The molecule has 1 aliphatic rings. The van der Waals surface area contributed by atoms with Crippen LogP contribution in [0.25, 0.3) is 0 Å². The number of nitrogens with two attached hydrogens (primary N) is 1. The van der Waals surface area contributed by atoms with Gasteiger partial charge in [-0.05, 0) is 76.0 Å². The van der Waals surface area contributed by atoms with E-state index in [2.05, 4.69) is 10.6 Å². The van der Waals surface area contributed by atoms with Crippen molar-refractivity contribution in [1.29, 1.82) is 0 Å². The monoisotopic (exact) mass is 364 g/mol. The molecule has 1 saturated heterocycles. The van der Waals surface area contributed by atoms with Gasteiger partial charge >= 0.3 is 6.09 Å². The van der Waals surface area contributed by atoms with Gasteiger partial charge in [-0.1, -0.05) is 0 Å². The number of hydrogen-bond acceptors (Lipinski definition) is 4. The van der Waals surface area contributed by atoms with Gasteiger partial charge in [-0.15, -0.1) is 0 Å². The van der Waals surface area contributed by atoms with Gasteiger partial charge in [0.05, 0.1) is 0 Å². The zero-order valence-corrected chi connectivity index (χ0v) is 16.0. The smallest absolute Gasteiger partial charge is 0.410 e. The van der Waals surface area contributed by atoms with Gasteiger partial charge in [0.15, 0.2) is 5.11 Å². The highest BCUT2D eigenvalue weighted by Crippen LogP contribution is 2.21. The van der Waals surface area contributed by atoms with Crippen LogP contribution in [0, 0.1) is 5.92 Å². The van der Waals surface area contributed by atoms with E-state index in [9.17, 15) is 4.79 Å². The van der Waals surface area contributed by atoms with Crippen molar-refractivity contribution in [3.05, 3.63) is 24.3 Å². The van der Waals surface area contributed by atoms with E-state index in [1.165, 1.54) is 0 Å². The molecule has 7 heteroatoms. The van der Waals surface area contributed by atoms with Crippen molar-refractivity contribution in [2.24, 2.45) is 11.7 Å². The van der Waals surface area contributed by atoms with Crippen LogP contribution >= 0.6 is 12.2 Å². The predicted octanol–water partition coefficient (Wildman–Crippen LogP) is 3.40. The number of thiocarbonyl (C=S) groups is 1. The lowest BCUT2D eigenvalue weighted by Gasteiger charge is -2.34. The summed E-state index contributed by atoms with van der Waals surface area (Å²) in [5, 5.41) is 6.58. The molecule has 4 N–H and O–H groups in total. The Hall–Kier alpha value is -2.02. The molecule has 0 aliphatic carbocycles. The summed E-state index contributed by atoms with van der Waals surface area (Å²) in [7, 11) is 0. The van der Waals surface area contributed by atoms with Crippen LogP contribution in [0.1, 0.15) is 33.6 Å². The second-order valence-corrected chi connectivity index (χ2v) is 7.82. The molecule has 1 fully saturated rings. The second kappa shape index (κ2) is 8.38. The second-order valence-electron chi connectivity index (χ2n) is 7.38. The Morgan fingerprint density at radius 1 is 1.32 bits per heavy atom. The molecule has 6 nitrogen and oxygen atoms in total. The normalized spacial score (nSPS) is 17.7. The minimum atomic E-state index is -0.454. The number of rotatable bonds is 4. The van der Waals surface area contributed by atoms with Crippen LogP contribution in [0.5, 0.6) is 0 Å². The first-order valence-electron chi connectivity index (χ1n) is 8.61. The van der Waals surface area contributed by atoms with Crippen LogP contribution in [0.4, 0.5) is 16.2 Å². The molecule has 0 aromatic heterocycles. The number of piperidine rings is 1. The van der Waals surface area contributed by atoms with Crippen molar-refractivity contribution in [1.82, 2.24) is 4.90 Å². The Balaban J connectivity index is 1.82. The molecule has 1 aliphatic heterocycles. The maximum Gasteiger partial charge on any atom is 0.410 e. The van der Waals surface area contributed by atoms with E-state index in [0.717, 1.165) is 43.9 Å². The molecule has 1 heterocycles. The number of hydrogen-bond donors (Lipinski definition) is 3. The number of carbonyl (C=O) groups excluding carboxylic acids is 1. The third-order valence-corrected chi connectivity index (χ3v) is 4.02. The predicted molar refractivity (Wildman–Crippen MR) is 106 cm³/mol. The maximum atomic E-state index is 12.2. The zero-order valence-electron chi connectivity index (χ0n) is 15.2. The SMILES string of the molecule is CC(C)(C)OC(=O)N1CCCC(CNc2ccc(NC(N)=S)cc2)C1. The fourth-order valence-electron chi connectivity index (χ4n) is 2.80. The van der Waals surface area contributed by atoms with Crippen LogP contribution in [0.3, 0.4) is 0 Å². The summed E-state index contributed by atoms with van der Waals surface area (Å²) in [6.45, 7) is 7.99. The topological polar surface area (TPSA) is 79.6 Å². The summed E-state index contributed by atoms with van der Waals surface area (Å²) < 4.78 is 5.47. The maximum absolute atomic E-state index is 12.2. The number of anilines is 2. The highest BCUT2D eigenvalue weighted by Gasteiger charge is 2.27. The summed E-state index contributed by atoms with van der Waals surface area (Å²) in [5.41, 5.74) is 6.90. The van der Waals surface area contributed by atoms with Gasteiger partial charge in [0, 0.05) is 31.0 Å². The van der Waals surface area contributed by atoms with E-state index in [1.807, 2.05) is 49.9 Å². The molecule has 0 bridgehead atoms. The number of ether oxygens (including phenoxy) is 1. The Kier molecular flexibility index (Phi) is 6.47. The van der Waals surface area contributed by atoms with Crippen molar-refractivity contribution in [2.75, 3.05) is 30.3 Å². The number of nitrogens with zero attached hydrogens (tertiary/aromatic N) is 1. The molecule has 0 saturated carbocycles. The fraction of sp³-hybridized carbons (Fsp3) is 0.556. The Bertz CT molecular complexity index is 598. The van der Waals surface area contributed by atoms with E-state index >= 15 is 0 Å². The van der Waals surface area contributed by atoms with Crippen molar-refractivity contribution in [3.8, 4) is 0 Å². The molecular weight excluding hydrogens is 336 g/mol. The Morgan fingerprint density at radius 2 is 1.96 bits per heavy atom. The van der Waals surface area contributed by atoms with E-state index in [0.29, 0.717) is 5.92 Å². The Labute approximate surface area is 155 Å². The molecule has 138 valence electrons. The van der Waals surface area contributed by atoms with Gasteiger partial charge < -0.3 is 26.0 Å². The lowest BCUT2D eigenvalue weighted by atomic mass is 9.98. The van der Waals surface area contributed by atoms with Gasteiger partial charge in [-0.25, -0.2) is 4.79 Å². The van der Waals surface area contributed by atoms with E-state index in [-0.39, 0.29) is 11.2 Å². The van der Waals surface area contributed by atoms with Gasteiger partial charge in [0.25, 0.3) is 0 Å². The number of amides is 1. The summed E-state index contributed by atoms with van der Waals surface area (Å²) >= 11 is 4.82. The minimum Gasteiger partial charge on any atom is -0.444 e. The largest absolute Gasteiger partial charge is 0.444 e. The lowest BCUT2D eigenvalue weighted by Crippen LogP contribution is -2.44. The number of nitrogens with one attached hydrogen (secondary N) is 2. The minimum absolute atomic E-state index is 0.217. The zero-order chi connectivity index (χ0) is 18.4. The molecule has 1 amide bonds. The number of benzene rings is 1. The summed E-state index contributed by atoms with van der Waals surface area (Å²) in [4.78, 5) is 14.0. The summed E-state index contributed by atoms with van der Waals surface area (Å²) in [6.07, 6.45) is 1.89. The highest BCUT2D eigenvalue weighted by molar-refractivity contribution is 7.80. The Morgan fingerprint density at radius 3 is 2.56 bits per heavy atom. The molecule has 0 spiro atoms. The van der Waals surface area contributed by atoms with Gasteiger partial charge in [-0.3, -0.25) is 0 Å². The van der Waals surface area contributed by atoms with Crippen LogP contribution in [-0.2, 0) is 4.74 Å². The van der Waals surface area contributed by atoms with Gasteiger partial charge in [-0.2, -0.15) is 0 Å². The van der Waals surface area contributed by atoms with Gasteiger partial charge in [0.2, 0.25) is 0 Å².